The molecule has 4 heterocycles. The van der Waals surface area contributed by atoms with Gasteiger partial charge in [0.05, 0.1) is 11.6 Å². The lowest BCUT2D eigenvalue weighted by Crippen LogP contribution is -2.48. The van der Waals surface area contributed by atoms with Crippen LogP contribution in [0, 0.1) is 12.8 Å². The van der Waals surface area contributed by atoms with E-state index < -0.39 is 0 Å². The maximum Gasteiger partial charge on any atom is 0.219 e. The number of benzene rings is 1. The average molecular weight is 491 g/mol. The van der Waals surface area contributed by atoms with Gasteiger partial charge >= 0.3 is 0 Å². The number of rotatable bonds is 4. The van der Waals surface area contributed by atoms with E-state index in [1.54, 1.807) is 6.92 Å². The first-order valence-electron chi connectivity index (χ1n) is 11.1. The molecule has 2 fully saturated rings. The standard InChI is InChI=1S/C23H27ClN6O2.ClH/c1-15-25-22(29-10-8-28(9-11-29)16(2)31)20-23(26-15)30(13-17-7-12-32-14-17)21(27-20)18-5-3-4-6-19(18)24;/h3-6,17H,7-14H2,1-2H3;1H. The van der Waals surface area contributed by atoms with E-state index in [1.807, 2.05) is 36.1 Å². The second-order valence-corrected chi connectivity index (χ2v) is 8.92. The predicted molar refractivity (Wildman–Crippen MR) is 131 cm³/mol. The van der Waals surface area contributed by atoms with Gasteiger partial charge in [-0.2, -0.15) is 0 Å². The fraction of sp³-hybridized carbons (Fsp3) is 0.478. The van der Waals surface area contributed by atoms with Crippen molar-refractivity contribution < 1.29 is 9.53 Å². The molecule has 2 aromatic heterocycles. The van der Waals surface area contributed by atoms with Crippen molar-refractivity contribution in [1.82, 2.24) is 24.4 Å². The minimum atomic E-state index is 0. The van der Waals surface area contributed by atoms with Gasteiger partial charge in [-0.1, -0.05) is 23.7 Å². The summed E-state index contributed by atoms with van der Waals surface area (Å²) in [6.07, 6.45) is 1.02. The number of imidazole rings is 1. The highest BCUT2D eigenvalue weighted by molar-refractivity contribution is 6.33. The van der Waals surface area contributed by atoms with Crippen molar-refractivity contribution in [2.45, 2.75) is 26.8 Å². The molecule has 1 unspecified atom stereocenters. The highest BCUT2D eigenvalue weighted by Crippen LogP contribution is 2.34. The van der Waals surface area contributed by atoms with Crippen molar-refractivity contribution in [2.24, 2.45) is 5.92 Å². The van der Waals surface area contributed by atoms with Gasteiger partial charge in [0.1, 0.15) is 11.6 Å². The first-order chi connectivity index (χ1) is 15.5. The van der Waals surface area contributed by atoms with Gasteiger partial charge in [0.25, 0.3) is 0 Å². The van der Waals surface area contributed by atoms with E-state index in [9.17, 15) is 4.79 Å². The zero-order valence-corrected chi connectivity index (χ0v) is 20.4. The number of halogens is 2. The first-order valence-corrected chi connectivity index (χ1v) is 11.5. The van der Waals surface area contributed by atoms with E-state index in [0.717, 1.165) is 67.6 Å². The third kappa shape index (κ3) is 4.65. The summed E-state index contributed by atoms with van der Waals surface area (Å²) in [5, 5.41) is 0.660. The molecule has 33 heavy (non-hydrogen) atoms. The van der Waals surface area contributed by atoms with Gasteiger partial charge in [-0.05, 0) is 25.5 Å². The molecular formula is C23H28Cl2N6O2. The summed E-state index contributed by atoms with van der Waals surface area (Å²) in [5.41, 5.74) is 2.49. The zero-order valence-electron chi connectivity index (χ0n) is 18.8. The molecule has 1 amide bonds. The molecule has 0 saturated carbocycles. The second-order valence-electron chi connectivity index (χ2n) is 8.52. The maximum atomic E-state index is 11.8. The number of anilines is 1. The van der Waals surface area contributed by atoms with Gasteiger partial charge < -0.3 is 19.1 Å². The average Bonchev–Trinajstić information content (AvgIpc) is 3.42. The van der Waals surface area contributed by atoms with Gasteiger partial charge in [-0.15, -0.1) is 12.4 Å². The first kappa shape index (κ1) is 23.7. The number of hydrogen-bond donors (Lipinski definition) is 0. The van der Waals surface area contributed by atoms with Crippen LogP contribution >= 0.6 is 24.0 Å². The Morgan fingerprint density at radius 1 is 1.15 bits per heavy atom. The van der Waals surface area contributed by atoms with Crippen LogP contribution in [-0.2, 0) is 16.1 Å². The van der Waals surface area contributed by atoms with E-state index in [2.05, 4.69) is 9.47 Å². The molecule has 2 saturated heterocycles. The third-order valence-corrected chi connectivity index (χ3v) is 6.62. The molecule has 0 spiro atoms. The van der Waals surface area contributed by atoms with Gasteiger partial charge in [0.2, 0.25) is 5.91 Å². The fourth-order valence-electron chi connectivity index (χ4n) is 4.55. The molecule has 0 radical (unpaired) electrons. The Bertz CT molecular complexity index is 1150. The summed E-state index contributed by atoms with van der Waals surface area (Å²) in [6.45, 7) is 8.63. The van der Waals surface area contributed by atoms with Crippen LogP contribution in [0.15, 0.2) is 24.3 Å². The van der Waals surface area contributed by atoms with Crippen LogP contribution in [0.4, 0.5) is 5.82 Å². The van der Waals surface area contributed by atoms with Crippen LogP contribution in [0.25, 0.3) is 22.6 Å². The minimum absolute atomic E-state index is 0. The Hall–Kier alpha value is -2.42. The van der Waals surface area contributed by atoms with Crippen LogP contribution in [0.2, 0.25) is 5.02 Å². The molecule has 1 atom stereocenters. The molecule has 2 aliphatic rings. The molecule has 0 bridgehead atoms. The van der Waals surface area contributed by atoms with Crippen LogP contribution in [-0.4, -0.2) is 69.7 Å². The zero-order chi connectivity index (χ0) is 22.2. The molecule has 5 rings (SSSR count). The van der Waals surface area contributed by atoms with Crippen LogP contribution in [0.1, 0.15) is 19.2 Å². The monoisotopic (exact) mass is 490 g/mol. The van der Waals surface area contributed by atoms with E-state index in [0.29, 0.717) is 29.9 Å². The Morgan fingerprint density at radius 3 is 2.58 bits per heavy atom. The van der Waals surface area contributed by atoms with Crippen LogP contribution < -0.4 is 4.90 Å². The summed E-state index contributed by atoms with van der Waals surface area (Å²) in [5.74, 6) is 2.85. The number of ether oxygens (including phenoxy) is 1. The highest BCUT2D eigenvalue weighted by Gasteiger charge is 2.27. The summed E-state index contributed by atoms with van der Waals surface area (Å²) < 4.78 is 7.81. The van der Waals surface area contributed by atoms with E-state index in [-0.39, 0.29) is 18.3 Å². The number of carbonyl (C=O) groups is 1. The number of hydrogen-bond acceptors (Lipinski definition) is 6. The molecule has 176 valence electrons. The number of carbonyl (C=O) groups excluding carboxylic acids is 1. The van der Waals surface area contributed by atoms with Crippen molar-refractivity contribution in [2.75, 3.05) is 44.3 Å². The summed E-state index contributed by atoms with van der Waals surface area (Å²) >= 11 is 6.58. The SMILES string of the molecule is CC(=O)N1CCN(c2nc(C)nc3c2nc(-c2ccccc2Cl)n3CC2CCOC2)CC1.Cl. The normalized spacial score (nSPS) is 18.6. The quantitative estimate of drug-likeness (QED) is 0.556. The van der Waals surface area contributed by atoms with E-state index in [4.69, 9.17) is 31.3 Å². The van der Waals surface area contributed by atoms with E-state index >= 15 is 0 Å². The van der Waals surface area contributed by atoms with Gasteiger partial charge in [-0.25, -0.2) is 15.0 Å². The molecule has 0 N–H and O–H groups in total. The molecule has 3 aromatic rings. The molecule has 8 nitrogen and oxygen atoms in total. The maximum absolute atomic E-state index is 11.8. The Morgan fingerprint density at radius 2 is 1.91 bits per heavy atom. The van der Waals surface area contributed by atoms with Crippen molar-refractivity contribution in [1.29, 1.82) is 0 Å². The van der Waals surface area contributed by atoms with Gasteiger partial charge in [0.15, 0.2) is 17.0 Å². The second kappa shape index (κ2) is 9.83. The van der Waals surface area contributed by atoms with E-state index in [1.165, 1.54) is 0 Å². The summed E-state index contributed by atoms with van der Waals surface area (Å²) in [6, 6.07) is 7.78. The lowest BCUT2D eigenvalue weighted by atomic mass is 10.1. The lowest BCUT2D eigenvalue weighted by molar-refractivity contribution is -0.129. The molecular weight excluding hydrogens is 463 g/mol. The highest BCUT2D eigenvalue weighted by atomic mass is 35.5. The van der Waals surface area contributed by atoms with Gasteiger partial charge in [-0.3, -0.25) is 4.79 Å². The minimum Gasteiger partial charge on any atom is -0.381 e. The Kier molecular flexibility index (Phi) is 7.07. The summed E-state index contributed by atoms with van der Waals surface area (Å²) in [4.78, 5) is 30.5. The van der Waals surface area contributed by atoms with Crippen LogP contribution in [0.3, 0.4) is 0 Å². The third-order valence-electron chi connectivity index (χ3n) is 6.29. The van der Waals surface area contributed by atoms with Crippen molar-refractivity contribution >= 4 is 46.9 Å². The van der Waals surface area contributed by atoms with Crippen molar-refractivity contribution in [3.63, 3.8) is 0 Å². The largest absolute Gasteiger partial charge is 0.381 e. The smallest absolute Gasteiger partial charge is 0.219 e. The molecule has 10 heteroatoms. The predicted octanol–water partition coefficient (Wildman–Crippen LogP) is 3.58. The molecule has 1 aromatic carbocycles. The fourth-order valence-corrected chi connectivity index (χ4v) is 4.77. The Labute approximate surface area is 204 Å². The number of fused-ring (bicyclic) bond motifs is 1. The van der Waals surface area contributed by atoms with Gasteiger partial charge in [0, 0.05) is 57.7 Å². The number of aryl methyl sites for hydroxylation is 1. The number of nitrogens with zero attached hydrogens (tertiary/aromatic N) is 6. The number of amides is 1. The van der Waals surface area contributed by atoms with Crippen molar-refractivity contribution in [3.05, 3.63) is 35.1 Å². The number of aromatic nitrogens is 4. The molecule has 2 aliphatic heterocycles. The Balaban J connectivity index is 0.00000259. The lowest BCUT2D eigenvalue weighted by Gasteiger charge is -2.34. The molecule has 0 aliphatic carbocycles. The summed E-state index contributed by atoms with van der Waals surface area (Å²) in [7, 11) is 0. The van der Waals surface area contributed by atoms with Crippen molar-refractivity contribution in [3.8, 4) is 11.4 Å². The number of piperazine rings is 1. The topological polar surface area (TPSA) is 76.4 Å². The van der Waals surface area contributed by atoms with Crippen LogP contribution in [0.5, 0.6) is 0 Å².